The predicted octanol–water partition coefficient (Wildman–Crippen LogP) is 7.92. The second kappa shape index (κ2) is 17.7. The molecule has 0 fully saturated rings. The Morgan fingerprint density at radius 2 is 1.70 bits per heavy atom. The molecule has 0 amide bonds. The van der Waals surface area contributed by atoms with Gasteiger partial charge in [-0.1, -0.05) is 41.4 Å². The lowest BCUT2D eigenvalue weighted by Crippen LogP contribution is -2.25. The summed E-state index contributed by atoms with van der Waals surface area (Å²) in [7, 11) is 0. The van der Waals surface area contributed by atoms with Crippen LogP contribution in [0.5, 0.6) is 0 Å². The Labute approximate surface area is 298 Å². The van der Waals surface area contributed by atoms with Gasteiger partial charge in [-0.15, -0.1) is 16.7 Å². The molecule has 2 aromatic carbocycles. The number of hydrogen-bond donors (Lipinski definition) is 1. The van der Waals surface area contributed by atoms with Crippen molar-refractivity contribution in [1.29, 1.82) is 0 Å². The van der Waals surface area contributed by atoms with E-state index in [4.69, 9.17) is 32.8 Å². The first kappa shape index (κ1) is 40.3. The second-order valence-electron chi connectivity index (χ2n) is 11.7. The van der Waals surface area contributed by atoms with Crippen molar-refractivity contribution in [2.75, 3.05) is 13.2 Å². The first-order valence-electron chi connectivity index (χ1n) is 16.0. The van der Waals surface area contributed by atoms with E-state index in [-0.39, 0.29) is 57.2 Å². The van der Waals surface area contributed by atoms with Crippen molar-refractivity contribution in [3.63, 3.8) is 0 Å². The van der Waals surface area contributed by atoms with Crippen LogP contribution in [0, 0.1) is 33.5 Å². The first-order chi connectivity index (χ1) is 23.6. The summed E-state index contributed by atoms with van der Waals surface area (Å²) in [5.74, 6) is -1.82. The number of ketones is 1. The van der Waals surface area contributed by atoms with Crippen LogP contribution < -0.4 is 5.69 Å². The van der Waals surface area contributed by atoms with Crippen LogP contribution in [0.1, 0.15) is 86.1 Å². The lowest BCUT2D eigenvalue weighted by molar-refractivity contribution is -0.142. The van der Waals surface area contributed by atoms with E-state index in [1.165, 1.54) is 29.2 Å². The number of oxime groups is 1. The third kappa shape index (κ3) is 9.36. The summed E-state index contributed by atoms with van der Waals surface area (Å²) in [4.78, 5) is 41.5. The SMILES string of the molecule is CCO/N=C(\CC)C1=C(O)CC(c2c(C)cc(C)cc2C)CC1=O.CCOC(=O)C(Cl)Cc1cc(-n2nc(C)n(C(F)F)c2=O)c(F)cc1Cl. The van der Waals surface area contributed by atoms with Crippen LogP contribution in [-0.4, -0.2) is 55.5 Å². The van der Waals surface area contributed by atoms with Crippen LogP contribution in [0.15, 0.2) is 45.5 Å². The Bertz CT molecular complexity index is 1830. The van der Waals surface area contributed by atoms with Crippen molar-refractivity contribution >= 4 is 40.7 Å². The van der Waals surface area contributed by atoms with Crippen molar-refractivity contribution in [1.82, 2.24) is 14.3 Å². The highest BCUT2D eigenvalue weighted by atomic mass is 35.5. The average molecular weight is 742 g/mol. The standard InChI is InChI=1S/C20H27NO3.C15H14Cl2F3N3O3/c1-6-16(21-24-7-2)20-17(22)10-15(11-18(20)23)19-13(4)8-12(3)9-14(19)5;1-3-26-13(24)10(17)4-8-5-12(11(18)6-9(8)16)23-15(25)22(14(19)20)7(2)21-23/h8-9,15,22H,6-7,10-11H2,1-5H3;5-6,10,14H,3-4H2,1-2H3/b21-16+;. The number of benzene rings is 2. The Balaban J connectivity index is 0.000000271. The number of alkyl halides is 3. The maximum Gasteiger partial charge on any atom is 0.355 e. The zero-order chi connectivity index (χ0) is 37.4. The molecule has 1 heterocycles. The van der Waals surface area contributed by atoms with E-state index in [0.29, 0.717) is 41.8 Å². The first-order valence-corrected chi connectivity index (χ1v) is 16.8. The van der Waals surface area contributed by atoms with E-state index in [0.717, 1.165) is 12.1 Å². The minimum Gasteiger partial charge on any atom is -0.511 e. The molecule has 2 atom stereocenters. The lowest BCUT2D eigenvalue weighted by atomic mass is 9.78. The molecule has 15 heteroatoms. The summed E-state index contributed by atoms with van der Waals surface area (Å²) in [5.41, 5.74) is 4.28. The monoisotopic (exact) mass is 740 g/mol. The number of esters is 1. The number of carbonyl (C=O) groups is 2. The van der Waals surface area contributed by atoms with Gasteiger partial charge >= 0.3 is 18.2 Å². The number of Topliss-reactive ketones (excluding diaryl/α,β-unsaturated/α-hetero) is 1. The molecule has 4 rings (SSSR count). The molecule has 1 N–H and O–H groups in total. The summed E-state index contributed by atoms with van der Waals surface area (Å²) < 4.78 is 45.5. The van der Waals surface area contributed by atoms with E-state index in [9.17, 15) is 32.7 Å². The van der Waals surface area contributed by atoms with Gasteiger partial charge in [0, 0.05) is 24.3 Å². The summed E-state index contributed by atoms with van der Waals surface area (Å²) in [6, 6.07) is 6.30. The van der Waals surface area contributed by atoms with Gasteiger partial charge in [-0.3, -0.25) is 9.59 Å². The molecule has 0 radical (unpaired) electrons. The summed E-state index contributed by atoms with van der Waals surface area (Å²) >= 11 is 11.9. The maximum absolute atomic E-state index is 14.2. The zero-order valence-corrected chi connectivity index (χ0v) is 30.5. The smallest absolute Gasteiger partial charge is 0.355 e. The highest BCUT2D eigenvalue weighted by Crippen LogP contribution is 2.38. The topological polar surface area (TPSA) is 125 Å². The summed E-state index contributed by atoms with van der Waals surface area (Å²) in [6.07, 6.45) is 1.31. The van der Waals surface area contributed by atoms with Crippen molar-refractivity contribution in [2.24, 2.45) is 5.16 Å². The van der Waals surface area contributed by atoms with Crippen LogP contribution in [0.25, 0.3) is 5.69 Å². The normalized spacial score (nSPS) is 15.6. The van der Waals surface area contributed by atoms with E-state index in [1.54, 1.807) is 6.92 Å². The molecule has 0 spiro atoms. The number of aliphatic hydroxyl groups is 1. The van der Waals surface area contributed by atoms with Crippen molar-refractivity contribution in [3.8, 4) is 5.69 Å². The third-order valence-electron chi connectivity index (χ3n) is 7.97. The van der Waals surface area contributed by atoms with Crippen LogP contribution in [-0.2, 0) is 25.6 Å². The molecule has 1 aliphatic rings. The highest BCUT2D eigenvalue weighted by Gasteiger charge is 2.32. The van der Waals surface area contributed by atoms with Crippen molar-refractivity contribution in [3.05, 3.63) is 90.6 Å². The average Bonchev–Trinajstić information content (AvgIpc) is 3.32. The largest absolute Gasteiger partial charge is 0.511 e. The Morgan fingerprint density at radius 1 is 1.06 bits per heavy atom. The number of rotatable bonds is 11. The van der Waals surface area contributed by atoms with E-state index >= 15 is 0 Å². The van der Waals surface area contributed by atoms with Gasteiger partial charge in [-0.25, -0.2) is 13.8 Å². The van der Waals surface area contributed by atoms with Crippen LogP contribution in [0.2, 0.25) is 5.02 Å². The Hall–Kier alpha value is -4.10. The number of hydrogen-bond acceptors (Lipinski definition) is 8. The zero-order valence-electron chi connectivity index (χ0n) is 29.0. The molecule has 1 aromatic heterocycles. The quantitative estimate of drug-likeness (QED) is 0.0917. The van der Waals surface area contributed by atoms with Gasteiger partial charge < -0.3 is 14.7 Å². The molecule has 0 aliphatic heterocycles. The van der Waals surface area contributed by atoms with E-state index < -0.39 is 29.4 Å². The van der Waals surface area contributed by atoms with Gasteiger partial charge in [0.05, 0.1) is 17.9 Å². The van der Waals surface area contributed by atoms with Gasteiger partial charge in [0.2, 0.25) is 0 Å². The fourth-order valence-electron chi connectivity index (χ4n) is 5.96. The Kier molecular flexibility index (Phi) is 14.3. The number of allylic oxidation sites excluding steroid dienone is 2. The molecule has 272 valence electrons. The second-order valence-corrected chi connectivity index (χ2v) is 12.6. The fraction of sp³-hybridized carbons (Fsp3) is 0.457. The van der Waals surface area contributed by atoms with Gasteiger partial charge in [0.25, 0.3) is 0 Å². The molecule has 3 aromatic rings. The molecule has 0 saturated heterocycles. The molecule has 2 unspecified atom stereocenters. The van der Waals surface area contributed by atoms with Gasteiger partial charge in [0.1, 0.15) is 29.3 Å². The molecular weight excluding hydrogens is 700 g/mol. The summed E-state index contributed by atoms with van der Waals surface area (Å²) in [6.45, 7) is 10.2. The number of halogens is 5. The number of ether oxygens (including phenoxy) is 1. The number of nitrogens with zero attached hydrogens (tertiary/aromatic N) is 4. The van der Waals surface area contributed by atoms with Crippen LogP contribution >= 0.6 is 23.2 Å². The molecule has 0 saturated carbocycles. The maximum atomic E-state index is 14.2. The Morgan fingerprint density at radius 3 is 2.22 bits per heavy atom. The van der Waals surface area contributed by atoms with Crippen molar-refractivity contribution in [2.45, 2.75) is 92.0 Å². The van der Waals surface area contributed by atoms with E-state index in [1.807, 2.05) is 13.8 Å². The predicted molar refractivity (Wildman–Crippen MR) is 185 cm³/mol. The minimum absolute atomic E-state index is 0.0204. The van der Waals surface area contributed by atoms with Crippen LogP contribution in [0.4, 0.5) is 13.2 Å². The molecule has 1 aliphatic carbocycles. The molecule has 0 bridgehead atoms. The number of aromatic nitrogens is 3. The molecule has 50 heavy (non-hydrogen) atoms. The highest BCUT2D eigenvalue weighted by molar-refractivity contribution is 6.32. The number of aliphatic hydroxyl groups excluding tert-OH is 1. The molecule has 10 nitrogen and oxygen atoms in total. The fourth-order valence-corrected chi connectivity index (χ4v) is 6.41. The van der Waals surface area contributed by atoms with Crippen molar-refractivity contribution < 1.29 is 37.4 Å². The summed E-state index contributed by atoms with van der Waals surface area (Å²) in [5, 5.41) is 17.1. The number of aryl methyl sites for hydroxylation is 4. The van der Waals surface area contributed by atoms with Crippen LogP contribution in [0.3, 0.4) is 0 Å². The molecular formula is C35H41Cl2F3N4O6. The van der Waals surface area contributed by atoms with Gasteiger partial charge in [-0.05, 0) is 88.3 Å². The number of carbonyl (C=O) groups excluding carboxylic acids is 2. The minimum atomic E-state index is -3.12. The third-order valence-corrected chi connectivity index (χ3v) is 8.66. The van der Waals surface area contributed by atoms with E-state index in [2.05, 4.69) is 43.2 Å². The lowest BCUT2D eigenvalue weighted by Gasteiger charge is -2.27. The van der Waals surface area contributed by atoms with Gasteiger partial charge in [0.15, 0.2) is 11.6 Å². The van der Waals surface area contributed by atoms with Gasteiger partial charge in [-0.2, -0.15) is 13.5 Å².